The van der Waals surface area contributed by atoms with Crippen molar-refractivity contribution < 1.29 is 32.5 Å². The second-order valence-electron chi connectivity index (χ2n) is 8.89. The molecule has 0 fully saturated rings. The minimum atomic E-state index is -4.89. The van der Waals surface area contributed by atoms with Gasteiger partial charge in [0.2, 0.25) is 0 Å². The van der Waals surface area contributed by atoms with Crippen LogP contribution in [-0.4, -0.2) is 35.9 Å². The van der Waals surface area contributed by atoms with Crippen molar-refractivity contribution in [2.75, 3.05) is 0 Å². The van der Waals surface area contributed by atoms with Crippen LogP contribution in [0, 0.1) is 5.82 Å². The van der Waals surface area contributed by atoms with Crippen molar-refractivity contribution in [1.82, 2.24) is 19.4 Å². The van der Waals surface area contributed by atoms with Gasteiger partial charge in [-0.15, -0.1) is 13.2 Å². The SMILES string of the molecule is CC(C)(O)c1ncc(-c2cn3c4c(nc3cc2F)[C@H](O)C[C@@H]4c2ccccc2OC(F)(F)F)cn1. The highest BCUT2D eigenvalue weighted by molar-refractivity contribution is 5.65. The quantitative estimate of drug-likeness (QED) is 0.407. The van der Waals surface area contributed by atoms with E-state index in [4.69, 9.17) is 0 Å². The second kappa shape index (κ2) is 7.99. The van der Waals surface area contributed by atoms with Gasteiger partial charge in [0.25, 0.3) is 0 Å². The lowest BCUT2D eigenvalue weighted by Crippen LogP contribution is -2.19. The smallest absolute Gasteiger partial charge is 0.405 e. The molecule has 0 radical (unpaired) electrons. The summed E-state index contributed by atoms with van der Waals surface area (Å²) in [6.45, 7) is 3.05. The predicted octanol–water partition coefficient (Wildman–Crippen LogP) is 4.63. The Kier molecular flexibility index (Phi) is 5.29. The zero-order valence-corrected chi connectivity index (χ0v) is 18.6. The van der Waals surface area contributed by atoms with Gasteiger partial charge in [0.1, 0.15) is 22.8 Å². The Balaban J connectivity index is 1.64. The van der Waals surface area contributed by atoms with Crippen LogP contribution in [0.1, 0.15) is 55.1 Å². The number of aliphatic hydroxyl groups excluding tert-OH is 1. The minimum Gasteiger partial charge on any atom is -0.405 e. The minimum absolute atomic E-state index is 0.0922. The van der Waals surface area contributed by atoms with Gasteiger partial charge in [0.15, 0.2) is 5.82 Å². The van der Waals surface area contributed by atoms with E-state index in [2.05, 4.69) is 19.7 Å². The number of fused-ring (bicyclic) bond motifs is 3. The Morgan fingerprint density at radius 1 is 1.11 bits per heavy atom. The average molecular weight is 488 g/mol. The van der Waals surface area contributed by atoms with Crippen molar-refractivity contribution in [3.8, 4) is 16.9 Å². The number of benzene rings is 1. The molecule has 7 nitrogen and oxygen atoms in total. The number of pyridine rings is 1. The van der Waals surface area contributed by atoms with Crippen LogP contribution in [0.2, 0.25) is 0 Å². The number of aromatic nitrogens is 4. The summed E-state index contributed by atoms with van der Waals surface area (Å²) in [5, 5.41) is 20.7. The largest absolute Gasteiger partial charge is 0.573 e. The monoisotopic (exact) mass is 488 g/mol. The van der Waals surface area contributed by atoms with Crippen LogP contribution in [0.3, 0.4) is 0 Å². The third-order valence-electron chi connectivity index (χ3n) is 5.91. The molecule has 4 aromatic rings. The van der Waals surface area contributed by atoms with Crippen molar-refractivity contribution in [2.45, 2.75) is 44.3 Å². The molecule has 35 heavy (non-hydrogen) atoms. The highest BCUT2D eigenvalue weighted by Crippen LogP contribution is 2.47. The average Bonchev–Trinajstić information content (AvgIpc) is 3.29. The summed E-state index contributed by atoms with van der Waals surface area (Å²) >= 11 is 0. The van der Waals surface area contributed by atoms with Crippen molar-refractivity contribution >= 4 is 5.65 Å². The summed E-state index contributed by atoms with van der Waals surface area (Å²) in [5.41, 5.74) is 0.316. The van der Waals surface area contributed by atoms with Crippen molar-refractivity contribution in [3.05, 3.63) is 77.5 Å². The maximum absolute atomic E-state index is 15.0. The molecule has 2 atom stereocenters. The molecular weight excluding hydrogens is 468 g/mol. The van der Waals surface area contributed by atoms with Gasteiger partial charge in [-0.3, -0.25) is 0 Å². The van der Waals surface area contributed by atoms with Gasteiger partial charge in [0.05, 0.1) is 17.5 Å². The van der Waals surface area contributed by atoms with Gasteiger partial charge in [-0.2, -0.15) is 0 Å². The standard InChI is InChI=1S/C24H20F4N4O3/c1-23(2,34)22-29-9-12(10-30-22)15-11-32-19(8-16(15)25)31-20-17(33)7-14(21(20)32)13-5-3-4-6-18(13)35-24(26,27)28/h3-6,8-11,14,17,33-34H,7H2,1-2H3/t14-,17-/m1/s1. The zero-order valence-electron chi connectivity index (χ0n) is 18.6. The van der Waals surface area contributed by atoms with Gasteiger partial charge in [-0.25, -0.2) is 19.3 Å². The number of hydrogen-bond donors (Lipinski definition) is 2. The van der Waals surface area contributed by atoms with Gasteiger partial charge in [-0.1, -0.05) is 18.2 Å². The number of hydrogen-bond acceptors (Lipinski definition) is 6. The number of halogens is 4. The Bertz CT molecular complexity index is 1410. The number of para-hydroxylation sites is 1. The van der Waals surface area contributed by atoms with E-state index in [9.17, 15) is 23.4 Å². The first-order valence-electron chi connectivity index (χ1n) is 10.7. The van der Waals surface area contributed by atoms with Crippen LogP contribution in [0.4, 0.5) is 17.6 Å². The zero-order chi connectivity index (χ0) is 25.1. The fraction of sp³-hybridized carbons (Fsp3) is 0.292. The number of rotatable bonds is 4. The molecule has 1 aromatic carbocycles. The lowest BCUT2D eigenvalue weighted by molar-refractivity contribution is -0.274. The number of ether oxygens (including phenoxy) is 1. The van der Waals surface area contributed by atoms with Crippen LogP contribution in [0.15, 0.2) is 48.9 Å². The van der Waals surface area contributed by atoms with Crippen molar-refractivity contribution in [1.29, 1.82) is 0 Å². The molecule has 3 heterocycles. The third-order valence-corrected chi connectivity index (χ3v) is 5.91. The molecule has 0 amide bonds. The molecule has 0 aliphatic heterocycles. The summed E-state index contributed by atoms with van der Waals surface area (Å²) < 4.78 is 59.8. The normalized spacial score (nSPS) is 18.2. The number of nitrogens with zero attached hydrogens (tertiary/aromatic N) is 4. The fourth-order valence-electron chi connectivity index (χ4n) is 4.39. The van der Waals surface area contributed by atoms with Gasteiger partial charge < -0.3 is 19.4 Å². The topological polar surface area (TPSA) is 92.8 Å². The Hall–Kier alpha value is -3.57. The summed E-state index contributed by atoms with van der Waals surface area (Å²) in [7, 11) is 0. The van der Waals surface area contributed by atoms with E-state index in [1.807, 2.05) is 0 Å². The summed E-state index contributed by atoms with van der Waals surface area (Å²) in [5.74, 6) is -1.51. The van der Waals surface area contributed by atoms with E-state index < -0.39 is 29.8 Å². The fourth-order valence-corrected chi connectivity index (χ4v) is 4.39. The summed E-state index contributed by atoms with van der Waals surface area (Å²) in [4.78, 5) is 12.6. The molecule has 0 saturated carbocycles. The molecule has 5 rings (SSSR count). The Labute approximate surface area is 196 Å². The molecule has 2 N–H and O–H groups in total. The molecule has 0 bridgehead atoms. The van der Waals surface area contributed by atoms with E-state index in [1.165, 1.54) is 56.7 Å². The van der Waals surface area contributed by atoms with Crippen LogP contribution in [0.25, 0.3) is 16.8 Å². The highest BCUT2D eigenvalue weighted by atomic mass is 19.4. The molecule has 0 unspecified atom stereocenters. The van der Waals surface area contributed by atoms with E-state index in [-0.39, 0.29) is 40.5 Å². The molecular formula is C24H20F4N4O3. The maximum atomic E-state index is 15.0. The third kappa shape index (κ3) is 4.21. The molecule has 182 valence electrons. The van der Waals surface area contributed by atoms with E-state index >= 15 is 4.39 Å². The molecule has 3 aromatic heterocycles. The molecule has 1 aliphatic rings. The van der Waals surface area contributed by atoms with E-state index in [1.54, 1.807) is 10.5 Å². The first-order chi connectivity index (χ1) is 16.4. The predicted molar refractivity (Wildman–Crippen MR) is 116 cm³/mol. The number of imidazole rings is 1. The van der Waals surface area contributed by atoms with Gasteiger partial charge in [0, 0.05) is 47.3 Å². The van der Waals surface area contributed by atoms with Crippen molar-refractivity contribution in [3.63, 3.8) is 0 Å². The number of alkyl halides is 3. The van der Waals surface area contributed by atoms with Crippen LogP contribution in [-0.2, 0) is 5.60 Å². The lowest BCUT2D eigenvalue weighted by atomic mass is 9.95. The Morgan fingerprint density at radius 2 is 1.80 bits per heavy atom. The Morgan fingerprint density at radius 3 is 2.46 bits per heavy atom. The van der Waals surface area contributed by atoms with Crippen LogP contribution in [0.5, 0.6) is 5.75 Å². The summed E-state index contributed by atoms with van der Waals surface area (Å²) in [6.07, 6.45) is -1.64. The first kappa shape index (κ1) is 23.2. The molecule has 0 spiro atoms. The highest BCUT2D eigenvalue weighted by Gasteiger charge is 2.39. The molecule has 11 heteroatoms. The lowest BCUT2D eigenvalue weighted by Gasteiger charge is -2.19. The maximum Gasteiger partial charge on any atom is 0.573 e. The van der Waals surface area contributed by atoms with E-state index in [0.717, 1.165) is 0 Å². The second-order valence-corrected chi connectivity index (χ2v) is 8.89. The van der Waals surface area contributed by atoms with E-state index in [0.29, 0.717) is 11.3 Å². The summed E-state index contributed by atoms with van der Waals surface area (Å²) in [6, 6.07) is 6.90. The van der Waals surface area contributed by atoms with Crippen LogP contribution < -0.4 is 4.74 Å². The molecule has 0 saturated heterocycles. The number of aliphatic hydroxyl groups is 2. The van der Waals surface area contributed by atoms with Crippen LogP contribution >= 0.6 is 0 Å². The van der Waals surface area contributed by atoms with Gasteiger partial charge >= 0.3 is 6.36 Å². The van der Waals surface area contributed by atoms with Crippen molar-refractivity contribution in [2.24, 2.45) is 0 Å². The molecule has 1 aliphatic carbocycles. The van der Waals surface area contributed by atoms with Gasteiger partial charge in [-0.05, 0) is 26.3 Å². The first-order valence-corrected chi connectivity index (χ1v) is 10.7.